The Bertz CT molecular complexity index is 721. The Balaban J connectivity index is 1.84. The molecule has 3 rings (SSSR count). The summed E-state index contributed by atoms with van der Waals surface area (Å²) in [5, 5.41) is 6.92. The normalized spacial score (nSPS) is 11.0. The van der Waals surface area contributed by atoms with E-state index in [9.17, 15) is 0 Å². The smallest absolute Gasteiger partial charge is 0.277 e. The van der Waals surface area contributed by atoms with Crippen LogP contribution in [-0.4, -0.2) is 27.9 Å². The van der Waals surface area contributed by atoms with Crippen molar-refractivity contribution in [3.05, 3.63) is 34.7 Å². The third-order valence-electron chi connectivity index (χ3n) is 2.90. The molecule has 7 heteroatoms. The standard InChI is InChI=1S/C14H14N4OS2/c1-20-10-4-2-9(3-5-10)13-17-14(19-18-13)11-8-21-12(16-11)6-7-15/h2-5,8H,6-7,15H2,1H3. The molecule has 108 valence electrons. The fraction of sp³-hybridized carbons (Fsp3) is 0.214. The predicted octanol–water partition coefficient (Wildman–Crippen LogP) is 3.08. The summed E-state index contributed by atoms with van der Waals surface area (Å²) in [7, 11) is 0. The average molecular weight is 318 g/mol. The number of aromatic nitrogens is 3. The number of hydrogen-bond acceptors (Lipinski definition) is 7. The number of nitrogens with two attached hydrogens (primary N) is 1. The molecule has 0 saturated carbocycles. The maximum absolute atomic E-state index is 5.53. The summed E-state index contributed by atoms with van der Waals surface area (Å²) in [6.45, 7) is 0.587. The second-order valence-corrected chi connectivity index (χ2v) is 6.14. The van der Waals surface area contributed by atoms with Crippen molar-refractivity contribution in [1.82, 2.24) is 15.1 Å². The third kappa shape index (κ3) is 3.15. The predicted molar refractivity (Wildman–Crippen MR) is 85.4 cm³/mol. The van der Waals surface area contributed by atoms with Gasteiger partial charge in [-0.05, 0) is 37.1 Å². The van der Waals surface area contributed by atoms with Crippen molar-refractivity contribution >= 4 is 23.1 Å². The zero-order valence-electron chi connectivity index (χ0n) is 11.4. The van der Waals surface area contributed by atoms with Crippen LogP contribution in [0.3, 0.4) is 0 Å². The molecule has 2 heterocycles. The van der Waals surface area contributed by atoms with Gasteiger partial charge >= 0.3 is 0 Å². The van der Waals surface area contributed by atoms with Gasteiger partial charge in [0.15, 0.2) is 0 Å². The van der Waals surface area contributed by atoms with Crippen molar-refractivity contribution in [2.24, 2.45) is 5.73 Å². The van der Waals surface area contributed by atoms with Crippen LogP contribution < -0.4 is 5.73 Å². The van der Waals surface area contributed by atoms with Gasteiger partial charge in [0.2, 0.25) is 5.82 Å². The minimum atomic E-state index is 0.443. The summed E-state index contributed by atoms with van der Waals surface area (Å²) in [5.74, 6) is 1.02. The summed E-state index contributed by atoms with van der Waals surface area (Å²) in [5.41, 5.74) is 7.17. The van der Waals surface area contributed by atoms with E-state index in [-0.39, 0.29) is 0 Å². The van der Waals surface area contributed by atoms with E-state index in [0.717, 1.165) is 17.0 Å². The Morgan fingerprint density at radius 3 is 2.76 bits per heavy atom. The zero-order chi connectivity index (χ0) is 14.7. The fourth-order valence-electron chi connectivity index (χ4n) is 1.83. The van der Waals surface area contributed by atoms with Crippen molar-refractivity contribution in [2.45, 2.75) is 11.3 Å². The summed E-state index contributed by atoms with van der Waals surface area (Å²) in [6, 6.07) is 8.05. The lowest BCUT2D eigenvalue weighted by molar-refractivity contribution is 0.431. The monoisotopic (exact) mass is 318 g/mol. The molecule has 0 amide bonds. The first kappa shape index (κ1) is 14.2. The van der Waals surface area contributed by atoms with Crippen LogP contribution in [0.2, 0.25) is 0 Å². The van der Waals surface area contributed by atoms with Crippen molar-refractivity contribution in [3.8, 4) is 23.0 Å². The van der Waals surface area contributed by atoms with E-state index >= 15 is 0 Å². The minimum Gasteiger partial charge on any atom is -0.332 e. The quantitative estimate of drug-likeness (QED) is 0.728. The van der Waals surface area contributed by atoms with E-state index < -0.39 is 0 Å². The summed E-state index contributed by atoms with van der Waals surface area (Å²) in [4.78, 5) is 10.1. The first-order chi connectivity index (χ1) is 10.3. The van der Waals surface area contributed by atoms with Crippen LogP contribution >= 0.6 is 23.1 Å². The Labute approximate surface area is 130 Å². The SMILES string of the molecule is CSc1ccc(-c2noc(-c3csc(CCN)n3)n2)cc1. The summed E-state index contributed by atoms with van der Waals surface area (Å²) >= 11 is 3.26. The van der Waals surface area contributed by atoms with Gasteiger partial charge in [0.05, 0.1) is 5.01 Å². The molecule has 2 N–H and O–H groups in total. The maximum atomic E-state index is 5.53. The van der Waals surface area contributed by atoms with E-state index in [4.69, 9.17) is 10.3 Å². The molecule has 0 radical (unpaired) electrons. The largest absolute Gasteiger partial charge is 0.332 e. The highest BCUT2D eigenvalue weighted by atomic mass is 32.2. The molecule has 0 aliphatic carbocycles. The van der Waals surface area contributed by atoms with Crippen LogP contribution in [0.25, 0.3) is 23.0 Å². The van der Waals surface area contributed by atoms with Gasteiger partial charge in [-0.2, -0.15) is 4.98 Å². The molecular formula is C14H14N4OS2. The highest BCUT2D eigenvalue weighted by molar-refractivity contribution is 7.98. The van der Waals surface area contributed by atoms with E-state index in [1.807, 2.05) is 35.9 Å². The van der Waals surface area contributed by atoms with Gasteiger partial charge in [-0.1, -0.05) is 5.16 Å². The Kier molecular flexibility index (Phi) is 4.33. The number of thioether (sulfide) groups is 1. The molecule has 0 saturated heterocycles. The van der Waals surface area contributed by atoms with Gasteiger partial charge in [-0.3, -0.25) is 0 Å². The average Bonchev–Trinajstić information content (AvgIpc) is 3.16. The number of thiazole rings is 1. The van der Waals surface area contributed by atoms with Crippen molar-refractivity contribution in [3.63, 3.8) is 0 Å². The number of benzene rings is 1. The highest BCUT2D eigenvalue weighted by Crippen LogP contribution is 2.25. The van der Waals surface area contributed by atoms with E-state index in [1.54, 1.807) is 23.1 Å². The maximum Gasteiger partial charge on any atom is 0.277 e. The second-order valence-electron chi connectivity index (χ2n) is 4.32. The number of nitrogens with zero attached hydrogens (tertiary/aromatic N) is 3. The molecule has 0 fully saturated rings. The topological polar surface area (TPSA) is 77.8 Å². The molecule has 2 aromatic heterocycles. The van der Waals surface area contributed by atoms with E-state index in [2.05, 4.69) is 15.1 Å². The molecule has 0 bridgehead atoms. The summed E-state index contributed by atoms with van der Waals surface area (Å²) < 4.78 is 5.30. The molecule has 1 aromatic carbocycles. The van der Waals surface area contributed by atoms with Crippen LogP contribution in [0.1, 0.15) is 5.01 Å². The molecular weight excluding hydrogens is 304 g/mol. The molecule has 5 nitrogen and oxygen atoms in total. The van der Waals surface area contributed by atoms with Gasteiger partial charge in [0.25, 0.3) is 5.89 Å². The van der Waals surface area contributed by atoms with Crippen molar-refractivity contribution < 1.29 is 4.52 Å². The third-order valence-corrected chi connectivity index (χ3v) is 4.56. The van der Waals surface area contributed by atoms with E-state index in [1.165, 1.54) is 4.90 Å². The Hall–Kier alpha value is -1.70. The van der Waals surface area contributed by atoms with Crippen LogP contribution in [0.15, 0.2) is 39.1 Å². The van der Waals surface area contributed by atoms with Gasteiger partial charge in [-0.25, -0.2) is 4.98 Å². The molecule has 0 aliphatic rings. The van der Waals surface area contributed by atoms with E-state index in [0.29, 0.717) is 24.0 Å². The second kappa shape index (κ2) is 6.38. The number of hydrogen-bond donors (Lipinski definition) is 1. The van der Waals surface area contributed by atoms with Crippen LogP contribution in [-0.2, 0) is 6.42 Å². The van der Waals surface area contributed by atoms with Crippen LogP contribution in [0, 0.1) is 0 Å². The molecule has 0 spiro atoms. The van der Waals surface area contributed by atoms with Crippen LogP contribution in [0.5, 0.6) is 0 Å². The zero-order valence-corrected chi connectivity index (χ0v) is 13.1. The minimum absolute atomic E-state index is 0.443. The lowest BCUT2D eigenvalue weighted by Crippen LogP contribution is -2.01. The molecule has 3 aromatic rings. The molecule has 0 aliphatic heterocycles. The molecule has 0 atom stereocenters. The lowest BCUT2D eigenvalue weighted by Gasteiger charge is -1.96. The Morgan fingerprint density at radius 1 is 1.24 bits per heavy atom. The first-order valence-electron chi connectivity index (χ1n) is 6.43. The van der Waals surface area contributed by atoms with Gasteiger partial charge < -0.3 is 10.3 Å². The summed E-state index contributed by atoms with van der Waals surface area (Å²) in [6.07, 6.45) is 2.81. The van der Waals surface area contributed by atoms with Gasteiger partial charge in [-0.15, -0.1) is 23.1 Å². The Morgan fingerprint density at radius 2 is 2.05 bits per heavy atom. The lowest BCUT2D eigenvalue weighted by atomic mass is 10.2. The molecule has 0 unspecified atom stereocenters. The first-order valence-corrected chi connectivity index (χ1v) is 8.53. The number of rotatable bonds is 5. The van der Waals surface area contributed by atoms with Crippen molar-refractivity contribution in [1.29, 1.82) is 0 Å². The molecule has 21 heavy (non-hydrogen) atoms. The van der Waals surface area contributed by atoms with Gasteiger partial charge in [0.1, 0.15) is 5.69 Å². The fourth-order valence-corrected chi connectivity index (χ4v) is 3.03. The van der Waals surface area contributed by atoms with Crippen LogP contribution in [0.4, 0.5) is 0 Å². The van der Waals surface area contributed by atoms with Gasteiger partial charge in [0, 0.05) is 22.3 Å². The van der Waals surface area contributed by atoms with Crippen molar-refractivity contribution in [2.75, 3.05) is 12.8 Å². The highest BCUT2D eigenvalue weighted by Gasteiger charge is 2.13.